The third kappa shape index (κ3) is 5.60. The van der Waals surface area contributed by atoms with Gasteiger partial charge in [-0.05, 0) is 52.7 Å². The molecule has 0 aliphatic rings. The molecule has 1 atom stereocenters. The Morgan fingerprint density at radius 3 is 2.47 bits per heavy atom. The first-order valence-corrected chi connectivity index (χ1v) is 7.24. The molecular weight excluding hydrogens is 236 g/mol. The van der Waals surface area contributed by atoms with Gasteiger partial charge in [0, 0.05) is 17.8 Å². The maximum absolute atomic E-state index is 6.11. The number of aromatic nitrogens is 1. The zero-order chi connectivity index (χ0) is 14.5. The number of nitrogens with one attached hydrogen (secondary N) is 1. The molecule has 3 heteroatoms. The van der Waals surface area contributed by atoms with E-state index in [4.69, 9.17) is 4.74 Å². The summed E-state index contributed by atoms with van der Waals surface area (Å²) in [6, 6.07) is 4.05. The van der Waals surface area contributed by atoms with Gasteiger partial charge in [0.2, 0.25) is 0 Å². The largest absolute Gasteiger partial charge is 0.487 e. The first kappa shape index (κ1) is 16.0. The summed E-state index contributed by atoms with van der Waals surface area (Å²) >= 11 is 0. The summed E-state index contributed by atoms with van der Waals surface area (Å²) in [6.45, 7) is 13.7. The van der Waals surface area contributed by atoms with Crippen molar-refractivity contribution in [2.45, 2.75) is 66.0 Å². The van der Waals surface area contributed by atoms with Crippen LogP contribution in [0.4, 0.5) is 0 Å². The van der Waals surface area contributed by atoms with Crippen LogP contribution in [0.1, 0.15) is 52.4 Å². The molecule has 0 aliphatic carbocycles. The average Bonchev–Trinajstić information content (AvgIpc) is 2.34. The van der Waals surface area contributed by atoms with Crippen LogP contribution in [0.15, 0.2) is 12.1 Å². The van der Waals surface area contributed by atoms with E-state index in [1.165, 1.54) is 0 Å². The van der Waals surface area contributed by atoms with E-state index >= 15 is 0 Å². The van der Waals surface area contributed by atoms with Crippen LogP contribution >= 0.6 is 0 Å². The van der Waals surface area contributed by atoms with Crippen molar-refractivity contribution in [3.63, 3.8) is 0 Å². The van der Waals surface area contributed by atoms with Crippen molar-refractivity contribution in [2.75, 3.05) is 6.54 Å². The number of nitrogens with zero attached hydrogens (tertiary/aromatic N) is 1. The zero-order valence-electron chi connectivity index (χ0n) is 13.2. The molecule has 0 aliphatic heterocycles. The van der Waals surface area contributed by atoms with Crippen LogP contribution < -0.4 is 10.1 Å². The lowest BCUT2D eigenvalue weighted by atomic mass is 10.1. The fourth-order valence-electron chi connectivity index (χ4n) is 1.83. The number of hydrogen-bond donors (Lipinski definition) is 1. The van der Waals surface area contributed by atoms with Crippen LogP contribution in [-0.2, 0) is 6.42 Å². The van der Waals surface area contributed by atoms with E-state index in [2.05, 4.69) is 44.9 Å². The summed E-state index contributed by atoms with van der Waals surface area (Å²) in [5, 5.41) is 3.50. The van der Waals surface area contributed by atoms with Gasteiger partial charge in [0.1, 0.15) is 11.9 Å². The smallest absolute Gasteiger partial charge is 0.141 e. The van der Waals surface area contributed by atoms with Gasteiger partial charge in [-0.25, -0.2) is 0 Å². The fourth-order valence-corrected chi connectivity index (χ4v) is 1.83. The van der Waals surface area contributed by atoms with Gasteiger partial charge in [0.05, 0.1) is 5.69 Å². The molecule has 0 spiro atoms. The van der Waals surface area contributed by atoms with Gasteiger partial charge in [-0.2, -0.15) is 0 Å². The lowest BCUT2D eigenvalue weighted by Crippen LogP contribution is -2.42. The molecule has 1 unspecified atom stereocenters. The average molecular weight is 264 g/mol. The second-order valence-corrected chi connectivity index (χ2v) is 6.03. The normalized spacial score (nSPS) is 13.4. The van der Waals surface area contributed by atoms with Gasteiger partial charge in [0.25, 0.3) is 0 Å². The minimum absolute atomic E-state index is 0.121. The first-order chi connectivity index (χ1) is 8.85. The van der Waals surface area contributed by atoms with Crippen LogP contribution in [0.5, 0.6) is 5.75 Å². The summed E-state index contributed by atoms with van der Waals surface area (Å²) < 4.78 is 6.11. The van der Waals surface area contributed by atoms with Crippen molar-refractivity contribution >= 4 is 0 Å². The van der Waals surface area contributed by atoms with Gasteiger partial charge < -0.3 is 10.1 Å². The minimum atomic E-state index is 0.121. The molecule has 1 aromatic heterocycles. The van der Waals surface area contributed by atoms with Crippen molar-refractivity contribution in [3.05, 3.63) is 23.5 Å². The molecule has 19 heavy (non-hydrogen) atoms. The summed E-state index contributed by atoms with van der Waals surface area (Å²) in [5.41, 5.74) is 2.22. The highest BCUT2D eigenvalue weighted by Gasteiger charge is 2.15. The van der Waals surface area contributed by atoms with Crippen molar-refractivity contribution in [1.82, 2.24) is 10.3 Å². The predicted molar refractivity (Wildman–Crippen MR) is 80.8 cm³/mol. The molecule has 0 amide bonds. The predicted octanol–water partition coefficient (Wildman–Crippen LogP) is 3.50. The molecule has 0 radical (unpaired) electrons. The SMILES string of the molecule is CCc1nc(C)ccc1OC(CC)CNC(C)(C)C. The third-order valence-corrected chi connectivity index (χ3v) is 3.02. The van der Waals surface area contributed by atoms with Gasteiger partial charge in [0.15, 0.2) is 0 Å². The van der Waals surface area contributed by atoms with E-state index in [1.54, 1.807) is 0 Å². The standard InChI is InChI=1S/C16H28N2O/c1-7-13(11-17-16(4,5)6)19-15-10-9-12(3)18-14(15)8-2/h9-10,13,17H,7-8,11H2,1-6H3. The molecule has 1 aromatic rings. The number of pyridine rings is 1. The lowest BCUT2D eigenvalue weighted by Gasteiger charge is -2.26. The molecule has 108 valence electrons. The van der Waals surface area contributed by atoms with E-state index in [9.17, 15) is 0 Å². The van der Waals surface area contributed by atoms with E-state index in [-0.39, 0.29) is 11.6 Å². The van der Waals surface area contributed by atoms with Crippen LogP contribution in [-0.4, -0.2) is 23.2 Å². The maximum Gasteiger partial charge on any atom is 0.141 e. The molecule has 1 N–H and O–H groups in total. The van der Waals surface area contributed by atoms with E-state index in [1.807, 2.05) is 19.1 Å². The monoisotopic (exact) mass is 264 g/mol. The van der Waals surface area contributed by atoms with E-state index < -0.39 is 0 Å². The number of hydrogen-bond acceptors (Lipinski definition) is 3. The van der Waals surface area contributed by atoms with Crippen LogP contribution in [0, 0.1) is 6.92 Å². The van der Waals surface area contributed by atoms with Gasteiger partial charge in [-0.3, -0.25) is 4.98 Å². The first-order valence-electron chi connectivity index (χ1n) is 7.24. The molecule has 0 saturated heterocycles. The summed E-state index contributed by atoms with van der Waals surface area (Å²) in [7, 11) is 0. The van der Waals surface area contributed by atoms with E-state index in [0.29, 0.717) is 0 Å². The number of aryl methyl sites for hydroxylation is 2. The Balaban J connectivity index is 2.70. The molecule has 0 saturated carbocycles. The minimum Gasteiger partial charge on any atom is -0.487 e. The highest BCUT2D eigenvalue weighted by Crippen LogP contribution is 2.19. The Morgan fingerprint density at radius 2 is 1.95 bits per heavy atom. The molecule has 0 aromatic carbocycles. The fraction of sp³-hybridized carbons (Fsp3) is 0.688. The molecule has 1 rings (SSSR count). The third-order valence-electron chi connectivity index (χ3n) is 3.02. The van der Waals surface area contributed by atoms with Gasteiger partial charge >= 0.3 is 0 Å². The number of rotatable bonds is 6. The highest BCUT2D eigenvalue weighted by molar-refractivity contribution is 5.29. The Morgan fingerprint density at radius 1 is 1.26 bits per heavy atom. The lowest BCUT2D eigenvalue weighted by molar-refractivity contribution is 0.179. The molecule has 1 heterocycles. The maximum atomic E-state index is 6.11. The topological polar surface area (TPSA) is 34.1 Å². The quantitative estimate of drug-likeness (QED) is 0.854. The second kappa shape index (κ2) is 6.90. The molecular formula is C16H28N2O. The van der Waals surface area contributed by atoms with Crippen molar-refractivity contribution in [3.8, 4) is 5.75 Å². The van der Waals surface area contributed by atoms with Crippen LogP contribution in [0.25, 0.3) is 0 Å². The molecule has 0 fully saturated rings. The summed E-state index contributed by atoms with van der Waals surface area (Å²) in [6.07, 6.45) is 2.08. The van der Waals surface area contributed by atoms with Gasteiger partial charge in [-0.1, -0.05) is 13.8 Å². The van der Waals surface area contributed by atoms with Crippen LogP contribution in [0.3, 0.4) is 0 Å². The Hall–Kier alpha value is -1.09. The van der Waals surface area contributed by atoms with Crippen molar-refractivity contribution < 1.29 is 4.74 Å². The van der Waals surface area contributed by atoms with Gasteiger partial charge in [-0.15, -0.1) is 0 Å². The summed E-state index contributed by atoms with van der Waals surface area (Å²) in [4.78, 5) is 4.54. The number of ether oxygens (including phenoxy) is 1. The van der Waals surface area contributed by atoms with E-state index in [0.717, 1.165) is 36.5 Å². The Bertz CT molecular complexity index is 396. The second-order valence-electron chi connectivity index (χ2n) is 6.03. The molecule has 3 nitrogen and oxygen atoms in total. The van der Waals surface area contributed by atoms with Crippen LogP contribution in [0.2, 0.25) is 0 Å². The Labute approximate surface area is 117 Å². The van der Waals surface area contributed by atoms with Crippen molar-refractivity contribution in [2.24, 2.45) is 0 Å². The summed E-state index contributed by atoms with van der Waals surface area (Å²) in [5.74, 6) is 0.927. The highest BCUT2D eigenvalue weighted by atomic mass is 16.5. The zero-order valence-corrected chi connectivity index (χ0v) is 13.2. The molecule has 0 bridgehead atoms. The Kier molecular flexibility index (Phi) is 5.80. The van der Waals surface area contributed by atoms with Crippen molar-refractivity contribution in [1.29, 1.82) is 0 Å².